The van der Waals surface area contributed by atoms with Gasteiger partial charge in [0.15, 0.2) is 5.78 Å². The highest BCUT2D eigenvalue weighted by molar-refractivity contribution is 8.14. The number of rotatable bonds is 2. The van der Waals surface area contributed by atoms with Crippen LogP contribution in [0.4, 0.5) is 0 Å². The zero-order chi connectivity index (χ0) is 18.2. The molecule has 5 heteroatoms. The van der Waals surface area contributed by atoms with Gasteiger partial charge in [0.1, 0.15) is 5.92 Å². The van der Waals surface area contributed by atoms with E-state index in [4.69, 9.17) is 16.6 Å². The van der Waals surface area contributed by atoms with Crippen molar-refractivity contribution in [1.29, 1.82) is 5.26 Å². The zero-order valence-electron chi connectivity index (χ0n) is 14.7. The second-order valence-electron chi connectivity index (χ2n) is 7.32. The highest BCUT2D eigenvalue weighted by atomic mass is 35.5. The Hall–Kier alpha value is -1.57. The second kappa shape index (κ2) is 6.97. The van der Waals surface area contributed by atoms with E-state index in [0.717, 1.165) is 34.1 Å². The summed E-state index contributed by atoms with van der Waals surface area (Å²) in [6.07, 6.45) is 1.27. The van der Waals surface area contributed by atoms with Crippen molar-refractivity contribution in [2.24, 2.45) is 16.3 Å². The van der Waals surface area contributed by atoms with E-state index in [2.05, 4.69) is 26.8 Å². The van der Waals surface area contributed by atoms with Crippen LogP contribution in [-0.4, -0.2) is 16.6 Å². The van der Waals surface area contributed by atoms with Gasteiger partial charge in [-0.25, -0.2) is 4.99 Å². The van der Waals surface area contributed by atoms with Crippen molar-refractivity contribution in [3.8, 4) is 6.07 Å². The number of halogens is 1. The highest BCUT2D eigenvalue weighted by Crippen LogP contribution is 2.48. The second-order valence-corrected chi connectivity index (χ2v) is 9.04. The first-order chi connectivity index (χ1) is 11.9. The van der Waals surface area contributed by atoms with Gasteiger partial charge in [0.2, 0.25) is 0 Å². The highest BCUT2D eigenvalue weighted by Gasteiger charge is 2.44. The van der Waals surface area contributed by atoms with Crippen LogP contribution in [0, 0.1) is 22.7 Å². The number of ketones is 1. The summed E-state index contributed by atoms with van der Waals surface area (Å²) in [5, 5.41) is 11.3. The van der Waals surface area contributed by atoms with Crippen molar-refractivity contribution < 1.29 is 4.79 Å². The zero-order valence-corrected chi connectivity index (χ0v) is 16.2. The molecule has 1 aromatic rings. The lowest BCUT2D eigenvalue weighted by molar-refractivity contribution is -0.118. The van der Waals surface area contributed by atoms with Crippen molar-refractivity contribution in [1.82, 2.24) is 0 Å². The fourth-order valence-electron chi connectivity index (χ4n) is 3.70. The van der Waals surface area contributed by atoms with E-state index in [0.29, 0.717) is 11.4 Å². The first-order valence-electron chi connectivity index (χ1n) is 8.49. The Kier molecular flexibility index (Phi) is 5.09. The molecular weight excluding hydrogens is 352 g/mol. The van der Waals surface area contributed by atoms with Crippen LogP contribution in [-0.2, 0) is 4.79 Å². The summed E-state index contributed by atoms with van der Waals surface area (Å²) in [4.78, 5) is 17.7. The van der Waals surface area contributed by atoms with E-state index in [1.807, 2.05) is 24.3 Å². The van der Waals surface area contributed by atoms with Crippen LogP contribution in [0.2, 0.25) is 5.02 Å². The Morgan fingerprint density at radius 3 is 2.60 bits per heavy atom. The van der Waals surface area contributed by atoms with Gasteiger partial charge in [-0.2, -0.15) is 5.26 Å². The van der Waals surface area contributed by atoms with Gasteiger partial charge in [0.25, 0.3) is 0 Å². The number of aliphatic imine (C=N–C) groups is 1. The summed E-state index contributed by atoms with van der Waals surface area (Å²) in [7, 11) is 0. The third kappa shape index (κ3) is 3.54. The Morgan fingerprint density at radius 1 is 1.32 bits per heavy atom. The minimum atomic E-state index is -0.421. The van der Waals surface area contributed by atoms with Crippen LogP contribution < -0.4 is 0 Å². The van der Waals surface area contributed by atoms with Crippen LogP contribution in [0.1, 0.15) is 45.1 Å². The molecule has 130 valence electrons. The number of Topliss-reactive ketones (excluding diaryl/α,β-unsaturated/α-hetero) is 1. The van der Waals surface area contributed by atoms with Crippen molar-refractivity contribution in [2.75, 3.05) is 5.75 Å². The van der Waals surface area contributed by atoms with Gasteiger partial charge in [-0.05, 0) is 35.3 Å². The third-order valence-corrected chi connectivity index (χ3v) is 5.89. The summed E-state index contributed by atoms with van der Waals surface area (Å²) >= 11 is 7.63. The maximum absolute atomic E-state index is 13.0. The molecule has 3 rings (SSSR count). The van der Waals surface area contributed by atoms with Crippen molar-refractivity contribution in [2.45, 2.75) is 39.5 Å². The normalized spacial score (nSPS) is 25.2. The molecule has 0 saturated heterocycles. The van der Waals surface area contributed by atoms with E-state index < -0.39 is 5.92 Å². The van der Waals surface area contributed by atoms with Gasteiger partial charge >= 0.3 is 0 Å². The molecule has 0 bridgehead atoms. The fraction of sp³-hybridized carbons (Fsp3) is 0.450. The predicted molar refractivity (Wildman–Crippen MR) is 104 cm³/mol. The van der Waals surface area contributed by atoms with Crippen LogP contribution in [0.3, 0.4) is 0 Å². The van der Waals surface area contributed by atoms with Crippen LogP contribution in [0.25, 0.3) is 0 Å². The van der Waals surface area contributed by atoms with E-state index in [9.17, 15) is 10.1 Å². The van der Waals surface area contributed by atoms with Gasteiger partial charge in [-0.3, -0.25) is 4.79 Å². The molecule has 1 heterocycles. The third-order valence-electron chi connectivity index (χ3n) is 4.71. The number of hydrogen-bond acceptors (Lipinski definition) is 4. The molecule has 1 unspecified atom stereocenters. The standard InChI is InChI=1S/C20H21ClN2OS/c1-4-25-19-14(11-22)17(12-5-7-13(21)8-6-12)18-15(23-19)9-20(2,3)10-16(18)24/h5-8,14,17H,4,9-10H2,1-3H3/t14?,17-/m1/s1. The molecule has 1 aliphatic carbocycles. The Labute approximate surface area is 158 Å². The monoisotopic (exact) mass is 372 g/mol. The SMILES string of the molecule is CCSC1=NC2=C(C(=O)CC(C)(C)C2)[C@H](c2ccc(Cl)cc2)C1C#N. The molecular formula is C20H21ClN2OS. The van der Waals surface area contributed by atoms with Gasteiger partial charge in [-0.15, -0.1) is 11.8 Å². The summed E-state index contributed by atoms with van der Waals surface area (Å²) in [5.74, 6) is 0.294. The first-order valence-corrected chi connectivity index (χ1v) is 9.85. The van der Waals surface area contributed by atoms with E-state index in [-0.39, 0.29) is 17.1 Å². The Bertz CT molecular complexity index is 802. The molecule has 0 amide bonds. The molecule has 1 aliphatic heterocycles. The lowest BCUT2D eigenvalue weighted by Crippen LogP contribution is -2.35. The number of thioether (sulfide) groups is 1. The molecule has 0 spiro atoms. The molecule has 0 aromatic heterocycles. The topological polar surface area (TPSA) is 53.2 Å². The number of allylic oxidation sites excluding steroid dienone is 2. The number of benzene rings is 1. The molecule has 1 aromatic carbocycles. The van der Waals surface area contributed by atoms with E-state index in [1.165, 1.54) is 0 Å². The molecule has 0 N–H and O–H groups in total. The first kappa shape index (κ1) is 18.2. The largest absolute Gasteiger partial charge is 0.294 e. The van der Waals surface area contributed by atoms with Gasteiger partial charge in [0, 0.05) is 28.6 Å². The number of nitriles is 1. The number of carbonyl (C=O) groups is 1. The average molecular weight is 373 g/mol. The summed E-state index contributed by atoms with van der Waals surface area (Å²) in [6, 6.07) is 9.90. The van der Waals surface area contributed by atoms with Crippen LogP contribution in [0.15, 0.2) is 40.5 Å². The number of hydrogen-bond donors (Lipinski definition) is 0. The molecule has 0 saturated carbocycles. The lowest BCUT2D eigenvalue weighted by Gasteiger charge is -2.38. The maximum atomic E-state index is 13.0. The number of carbonyl (C=O) groups excluding carboxylic acids is 1. The molecule has 0 fully saturated rings. The summed E-state index contributed by atoms with van der Waals surface area (Å²) < 4.78 is 0. The molecule has 2 atom stereocenters. The van der Waals surface area contributed by atoms with E-state index in [1.54, 1.807) is 11.8 Å². The summed E-state index contributed by atoms with van der Waals surface area (Å²) in [6.45, 7) is 6.26. The maximum Gasteiger partial charge on any atom is 0.161 e. The van der Waals surface area contributed by atoms with E-state index >= 15 is 0 Å². The van der Waals surface area contributed by atoms with Gasteiger partial charge in [-0.1, -0.05) is 44.5 Å². The predicted octanol–water partition coefficient (Wildman–Crippen LogP) is 5.37. The fourth-order valence-corrected chi connectivity index (χ4v) is 4.66. The minimum Gasteiger partial charge on any atom is -0.294 e. The minimum absolute atomic E-state index is 0.0918. The molecule has 2 aliphatic rings. The molecule has 3 nitrogen and oxygen atoms in total. The van der Waals surface area contributed by atoms with Crippen molar-refractivity contribution in [3.63, 3.8) is 0 Å². The van der Waals surface area contributed by atoms with Gasteiger partial charge in [0.05, 0.1) is 11.1 Å². The van der Waals surface area contributed by atoms with Crippen molar-refractivity contribution >= 4 is 34.2 Å². The molecule has 25 heavy (non-hydrogen) atoms. The Balaban J connectivity index is 2.17. The Morgan fingerprint density at radius 2 is 2.00 bits per heavy atom. The molecule has 0 radical (unpaired) electrons. The quantitative estimate of drug-likeness (QED) is 0.701. The van der Waals surface area contributed by atoms with Gasteiger partial charge < -0.3 is 0 Å². The van der Waals surface area contributed by atoms with Crippen molar-refractivity contribution in [3.05, 3.63) is 46.1 Å². The number of nitrogens with zero attached hydrogens (tertiary/aromatic N) is 2. The lowest BCUT2D eigenvalue weighted by atomic mass is 9.68. The smallest absolute Gasteiger partial charge is 0.161 e. The van der Waals surface area contributed by atoms with Crippen LogP contribution in [0.5, 0.6) is 0 Å². The average Bonchev–Trinajstić information content (AvgIpc) is 2.53. The van der Waals surface area contributed by atoms with Crippen LogP contribution >= 0.6 is 23.4 Å². The summed E-state index contributed by atoms with van der Waals surface area (Å²) in [5.41, 5.74) is 2.46.